The summed E-state index contributed by atoms with van der Waals surface area (Å²) in [5.41, 5.74) is 2.81. The summed E-state index contributed by atoms with van der Waals surface area (Å²) in [6.07, 6.45) is 5.12. The van der Waals surface area contributed by atoms with Gasteiger partial charge in [-0.3, -0.25) is 9.36 Å². The van der Waals surface area contributed by atoms with Crippen LogP contribution in [-0.4, -0.2) is 38.8 Å². The van der Waals surface area contributed by atoms with Crippen molar-refractivity contribution in [2.75, 3.05) is 18.2 Å². The monoisotopic (exact) mass is 470 g/mol. The summed E-state index contributed by atoms with van der Waals surface area (Å²) in [4.78, 5) is 28.5. The minimum atomic E-state index is -0.204. The first kappa shape index (κ1) is 22.4. The fraction of sp³-hybridized carbons (Fsp3) is 0.231. The second kappa shape index (κ2) is 9.84. The molecular weight excluding hydrogens is 444 g/mol. The Balaban J connectivity index is 1.37. The van der Waals surface area contributed by atoms with E-state index >= 15 is 0 Å². The number of amides is 1. The molecule has 2 aromatic heterocycles. The number of aryl methyl sites for hydroxylation is 1. The van der Waals surface area contributed by atoms with Gasteiger partial charge in [0, 0.05) is 30.7 Å². The summed E-state index contributed by atoms with van der Waals surface area (Å²) < 4.78 is 12.6. The van der Waals surface area contributed by atoms with Crippen molar-refractivity contribution in [3.63, 3.8) is 0 Å². The topological polar surface area (TPSA) is 94.4 Å². The maximum Gasteiger partial charge on any atom is 0.240 e. The van der Waals surface area contributed by atoms with Gasteiger partial charge in [0.25, 0.3) is 0 Å². The lowest BCUT2D eigenvalue weighted by molar-refractivity contribution is -0.120. The number of fused-ring (bicyclic) bond motifs is 1. The Kier molecular flexibility index (Phi) is 6.30. The summed E-state index contributed by atoms with van der Waals surface area (Å²) in [6.45, 7) is 4.72. The number of nitrogens with zero attached hydrogens (tertiary/aromatic N) is 5. The van der Waals surface area contributed by atoms with E-state index in [1.807, 2.05) is 73.3 Å². The van der Waals surface area contributed by atoms with E-state index in [-0.39, 0.29) is 25.3 Å². The zero-order chi connectivity index (χ0) is 24.2. The Morgan fingerprint density at radius 3 is 2.74 bits per heavy atom. The molecule has 0 radical (unpaired) electrons. The molecule has 2 aromatic carbocycles. The highest BCUT2D eigenvalue weighted by atomic mass is 16.7. The van der Waals surface area contributed by atoms with Gasteiger partial charge in [0.15, 0.2) is 11.5 Å². The van der Waals surface area contributed by atoms with Gasteiger partial charge in [-0.2, -0.15) is 4.98 Å². The molecule has 3 heterocycles. The number of ether oxygens (including phenoxy) is 2. The molecule has 1 unspecified atom stereocenters. The van der Waals surface area contributed by atoms with Gasteiger partial charge in [0.05, 0.1) is 12.6 Å². The van der Waals surface area contributed by atoms with Crippen LogP contribution in [0.4, 0.5) is 5.82 Å². The Bertz CT molecular complexity index is 1310. The van der Waals surface area contributed by atoms with Crippen molar-refractivity contribution in [3.8, 4) is 17.4 Å². The third-order valence-electron chi connectivity index (χ3n) is 5.71. The second-order valence-corrected chi connectivity index (χ2v) is 8.38. The van der Waals surface area contributed by atoms with Crippen molar-refractivity contribution in [1.29, 1.82) is 0 Å². The van der Waals surface area contributed by atoms with Crippen LogP contribution in [0.2, 0.25) is 0 Å². The predicted octanol–water partition coefficient (Wildman–Crippen LogP) is 3.58. The Labute approximate surface area is 203 Å². The zero-order valence-corrected chi connectivity index (χ0v) is 19.6. The van der Waals surface area contributed by atoms with Crippen molar-refractivity contribution in [2.24, 2.45) is 0 Å². The molecule has 1 N–H and O–H groups in total. The average molecular weight is 471 g/mol. The first-order valence-corrected chi connectivity index (χ1v) is 11.4. The molecule has 9 heteroatoms. The van der Waals surface area contributed by atoms with Crippen molar-refractivity contribution in [3.05, 3.63) is 90.1 Å². The molecule has 0 aliphatic carbocycles. The highest BCUT2D eigenvalue weighted by Crippen LogP contribution is 2.34. The number of anilines is 1. The molecule has 9 nitrogen and oxygen atoms in total. The van der Waals surface area contributed by atoms with Crippen molar-refractivity contribution in [2.45, 2.75) is 26.4 Å². The number of benzene rings is 2. The fourth-order valence-corrected chi connectivity index (χ4v) is 3.94. The number of imidazole rings is 1. The van der Waals surface area contributed by atoms with Gasteiger partial charge in [-0.25, -0.2) is 9.97 Å². The SMILES string of the molecule is Cc1cc(N(CC(=O)NC(C)c2ccc3c(c2)OCO3)Cc2ccccc2)nc(-n2ccnc2)n1. The lowest BCUT2D eigenvalue weighted by atomic mass is 10.1. The van der Waals surface area contributed by atoms with E-state index in [0.29, 0.717) is 29.8 Å². The lowest BCUT2D eigenvalue weighted by Gasteiger charge is -2.25. The van der Waals surface area contributed by atoms with Crippen LogP contribution in [0.3, 0.4) is 0 Å². The van der Waals surface area contributed by atoms with E-state index in [0.717, 1.165) is 16.8 Å². The first-order chi connectivity index (χ1) is 17.0. The summed E-state index contributed by atoms with van der Waals surface area (Å²) in [7, 11) is 0. The predicted molar refractivity (Wildman–Crippen MR) is 131 cm³/mol. The number of rotatable bonds is 8. The van der Waals surface area contributed by atoms with Gasteiger partial charge >= 0.3 is 0 Å². The number of aromatic nitrogens is 4. The van der Waals surface area contributed by atoms with Crippen molar-refractivity contribution >= 4 is 11.7 Å². The summed E-state index contributed by atoms with van der Waals surface area (Å²) in [6, 6.07) is 17.4. The van der Waals surface area contributed by atoms with Crippen LogP contribution < -0.4 is 19.7 Å². The van der Waals surface area contributed by atoms with Crippen LogP contribution in [-0.2, 0) is 11.3 Å². The molecule has 1 aliphatic rings. The summed E-state index contributed by atoms with van der Waals surface area (Å²) in [5.74, 6) is 2.46. The largest absolute Gasteiger partial charge is 0.454 e. The molecule has 5 rings (SSSR count). The second-order valence-electron chi connectivity index (χ2n) is 8.38. The molecule has 178 valence electrons. The highest BCUT2D eigenvalue weighted by molar-refractivity contribution is 5.81. The van der Waals surface area contributed by atoms with E-state index in [2.05, 4.69) is 15.3 Å². The molecule has 1 aliphatic heterocycles. The van der Waals surface area contributed by atoms with Crippen LogP contribution in [0.1, 0.15) is 29.8 Å². The van der Waals surface area contributed by atoms with Crippen molar-refractivity contribution < 1.29 is 14.3 Å². The van der Waals surface area contributed by atoms with E-state index in [1.165, 1.54) is 0 Å². The molecule has 35 heavy (non-hydrogen) atoms. The Morgan fingerprint density at radius 2 is 1.94 bits per heavy atom. The molecule has 1 amide bonds. The first-order valence-electron chi connectivity index (χ1n) is 11.4. The molecule has 0 bridgehead atoms. The minimum Gasteiger partial charge on any atom is -0.454 e. The van der Waals surface area contributed by atoms with E-state index in [9.17, 15) is 4.79 Å². The van der Waals surface area contributed by atoms with Gasteiger partial charge in [-0.1, -0.05) is 36.4 Å². The highest BCUT2D eigenvalue weighted by Gasteiger charge is 2.20. The number of hydrogen-bond donors (Lipinski definition) is 1. The van der Waals surface area contributed by atoms with E-state index in [4.69, 9.17) is 14.5 Å². The minimum absolute atomic E-state index is 0.119. The number of nitrogens with one attached hydrogen (secondary N) is 1. The van der Waals surface area contributed by atoms with Gasteiger partial charge in [-0.15, -0.1) is 0 Å². The molecule has 4 aromatic rings. The quantitative estimate of drug-likeness (QED) is 0.421. The van der Waals surface area contributed by atoms with Gasteiger partial charge in [-0.05, 0) is 37.1 Å². The van der Waals surface area contributed by atoms with Gasteiger partial charge in [0.1, 0.15) is 12.1 Å². The number of carbonyl (C=O) groups excluding carboxylic acids is 1. The van der Waals surface area contributed by atoms with Gasteiger partial charge in [0.2, 0.25) is 18.6 Å². The van der Waals surface area contributed by atoms with Crippen LogP contribution >= 0.6 is 0 Å². The number of hydrogen-bond acceptors (Lipinski definition) is 7. The fourth-order valence-electron chi connectivity index (χ4n) is 3.94. The van der Waals surface area contributed by atoms with Crippen LogP contribution in [0.15, 0.2) is 73.3 Å². The molecule has 0 saturated carbocycles. The lowest BCUT2D eigenvalue weighted by Crippen LogP contribution is -2.38. The normalized spacial score (nSPS) is 12.9. The smallest absolute Gasteiger partial charge is 0.240 e. The maximum absolute atomic E-state index is 13.2. The Morgan fingerprint density at radius 1 is 1.11 bits per heavy atom. The number of carbonyl (C=O) groups is 1. The standard InChI is InChI=1S/C26H26N6O3/c1-18-12-24(30-26(28-18)31-11-10-27-16-31)32(14-20-6-4-3-5-7-20)15-25(33)29-19(2)21-8-9-22-23(13-21)35-17-34-22/h3-13,16,19H,14-15,17H2,1-2H3,(H,29,33). The third-order valence-corrected chi connectivity index (χ3v) is 5.71. The maximum atomic E-state index is 13.2. The molecule has 0 spiro atoms. The molecule has 0 fully saturated rings. The average Bonchev–Trinajstić information content (AvgIpc) is 3.56. The van der Waals surface area contributed by atoms with E-state index in [1.54, 1.807) is 23.3 Å². The molecular formula is C26H26N6O3. The Hall–Kier alpha value is -4.40. The zero-order valence-electron chi connectivity index (χ0n) is 19.6. The van der Waals surface area contributed by atoms with Crippen LogP contribution in [0, 0.1) is 6.92 Å². The molecule has 0 saturated heterocycles. The third kappa shape index (κ3) is 5.24. The molecule has 1 atom stereocenters. The van der Waals surface area contributed by atoms with E-state index < -0.39 is 0 Å². The summed E-state index contributed by atoms with van der Waals surface area (Å²) in [5, 5.41) is 3.09. The van der Waals surface area contributed by atoms with Crippen LogP contribution in [0.5, 0.6) is 11.5 Å². The van der Waals surface area contributed by atoms with Crippen molar-refractivity contribution in [1.82, 2.24) is 24.8 Å². The van der Waals surface area contributed by atoms with Crippen LogP contribution in [0.25, 0.3) is 5.95 Å². The summed E-state index contributed by atoms with van der Waals surface area (Å²) >= 11 is 0. The van der Waals surface area contributed by atoms with Gasteiger partial charge < -0.3 is 19.7 Å².